The normalized spacial score (nSPS) is 28.5. The molecule has 4 heteroatoms. The van der Waals surface area contributed by atoms with E-state index in [0.717, 1.165) is 17.3 Å². The van der Waals surface area contributed by atoms with E-state index in [9.17, 15) is 0 Å². The van der Waals surface area contributed by atoms with Crippen LogP contribution in [0.3, 0.4) is 0 Å². The van der Waals surface area contributed by atoms with Crippen molar-refractivity contribution < 1.29 is 0 Å². The van der Waals surface area contributed by atoms with E-state index in [-0.39, 0.29) is 5.54 Å². The molecule has 2 rings (SSSR count). The SMILES string of the molecule is CC1(c2ccsc2)CCSC(N)=N1. The van der Waals surface area contributed by atoms with Crippen molar-refractivity contribution >= 4 is 28.3 Å². The molecule has 0 fully saturated rings. The van der Waals surface area contributed by atoms with E-state index in [1.54, 1.807) is 23.1 Å². The van der Waals surface area contributed by atoms with Crippen LogP contribution in [0.5, 0.6) is 0 Å². The summed E-state index contributed by atoms with van der Waals surface area (Å²) in [6, 6.07) is 2.14. The first-order valence-corrected chi connectivity index (χ1v) is 6.14. The quantitative estimate of drug-likeness (QED) is 0.776. The van der Waals surface area contributed by atoms with Gasteiger partial charge in [-0.25, -0.2) is 0 Å². The van der Waals surface area contributed by atoms with Crippen LogP contribution in [-0.4, -0.2) is 10.9 Å². The minimum Gasteiger partial charge on any atom is -0.379 e. The molecule has 0 amide bonds. The molecule has 0 saturated carbocycles. The first-order chi connectivity index (χ1) is 6.21. The van der Waals surface area contributed by atoms with Crippen LogP contribution in [0.25, 0.3) is 0 Å². The maximum atomic E-state index is 5.73. The maximum Gasteiger partial charge on any atom is 0.154 e. The van der Waals surface area contributed by atoms with Gasteiger partial charge in [-0.15, -0.1) is 0 Å². The molecule has 0 aromatic carbocycles. The summed E-state index contributed by atoms with van der Waals surface area (Å²) in [6.07, 6.45) is 1.08. The van der Waals surface area contributed by atoms with Crippen LogP contribution in [0.4, 0.5) is 0 Å². The first kappa shape index (κ1) is 9.09. The number of nitrogens with two attached hydrogens (primary N) is 1. The van der Waals surface area contributed by atoms with Gasteiger partial charge >= 0.3 is 0 Å². The molecule has 2 nitrogen and oxygen atoms in total. The molecular formula is C9H12N2S2. The Morgan fingerprint density at radius 3 is 3.08 bits per heavy atom. The van der Waals surface area contributed by atoms with Gasteiger partial charge in [-0.05, 0) is 35.7 Å². The number of aliphatic imine (C=N–C) groups is 1. The zero-order valence-corrected chi connectivity index (χ0v) is 9.12. The second-order valence-corrected chi connectivity index (χ2v) is 5.23. The zero-order valence-electron chi connectivity index (χ0n) is 7.49. The fraction of sp³-hybridized carbons (Fsp3) is 0.444. The summed E-state index contributed by atoms with van der Waals surface area (Å²) in [5.74, 6) is 1.07. The zero-order chi connectivity index (χ0) is 9.31. The molecule has 1 atom stereocenters. The summed E-state index contributed by atoms with van der Waals surface area (Å²) in [4.78, 5) is 4.52. The molecule has 2 N–H and O–H groups in total. The molecule has 1 unspecified atom stereocenters. The average molecular weight is 212 g/mol. The lowest BCUT2D eigenvalue weighted by atomic mass is 9.92. The number of amidine groups is 1. The monoisotopic (exact) mass is 212 g/mol. The van der Waals surface area contributed by atoms with Crippen molar-refractivity contribution in [3.63, 3.8) is 0 Å². The lowest BCUT2D eigenvalue weighted by Crippen LogP contribution is -2.28. The van der Waals surface area contributed by atoms with Crippen molar-refractivity contribution in [1.29, 1.82) is 0 Å². The summed E-state index contributed by atoms with van der Waals surface area (Å²) in [5, 5.41) is 4.97. The average Bonchev–Trinajstić information content (AvgIpc) is 2.55. The van der Waals surface area contributed by atoms with Crippen molar-refractivity contribution in [3.05, 3.63) is 22.4 Å². The highest BCUT2D eigenvalue weighted by molar-refractivity contribution is 8.13. The van der Waals surface area contributed by atoms with E-state index in [2.05, 4.69) is 28.7 Å². The van der Waals surface area contributed by atoms with Gasteiger partial charge in [0.15, 0.2) is 5.17 Å². The molecule has 0 bridgehead atoms. The predicted molar refractivity (Wildman–Crippen MR) is 60.4 cm³/mol. The number of thiophene rings is 1. The molecular weight excluding hydrogens is 200 g/mol. The number of thioether (sulfide) groups is 1. The van der Waals surface area contributed by atoms with Crippen LogP contribution in [0.1, 0.15) is 18.9 Å². The lowest BCUT2D eigenvalue weighted by molar-refractivity contribution is 0.483. The second-order valence-electron chi connectivity index (χ2n) is 3.33. The molecule has 0 spiro atoms. The second kappa shape index (κ2) is 3.35. The van der Waals surface area contributed by atoms with Crippen LogP contribution < -0.4 is 5.73 Å². The molecule has 1 aromatic rings. The third-order valence-electron chi connectivity index (χ3n) is 2.34. The molecule has 1 aliphatic rings. The topological polar surface area (TPSA) is 38.4 Å². The highest BCUT2D eigenvalue weighted by Crippen LogP contribution is 2.35. The molecule has 0 saturated heterocycles. The minimum absolute atomic E-state index is 0.0741. The van der Waals surface area contributed by atoms with Gasteiger partial charge < -0.3 is 5.73 Å². The number of nitrogens with zero attached hydrogens (tertiary/aromatic N) is 1. The van der Waals surface area contributed by atoms with Crippen molar-refractivity contribution in [3.8, 4) is 0 Å². The molecule has 0 aliphatic carbocycles. The van der Waals surface area contributed by atoms with E-state index in [1.165, 1.54) is 5.56 Å². The van der Waals surface area contributed by atoms with Gasteiger partial charge in [0.1, 0.15) is 0 Å². The Morgan fingerprint density at radius 1 is 1.62 bits per heavy atom. The first-order valence-electron chi connectivity index (χ1n) is 4.21. The predicted octanol–water partition coefficient (Wildman–Crippen LogP) is 2.41. The molecule has 70 valence electrons. The van der Waals surface area contributed by atoms with E-state index in [4.69, 9.17) is 5.73 Å². The van der Waals surface area contributed by atoms with Gasteiger partial charge in [-0.1, -0.05) is 11.8 Å². The van der Waals surface area contributed by atoms with E-state index >= 15 is 0 Å². The van der Waals surface area contributed by atoms with E-state index in [1.807, 2.05) is 0 Å². The molecule has 1 aliphatic heterocycles. The summed E-state index contributed by atoms with van der Waals surface area (Å²) >= 11 is 3.36. The fourth-order valence-corrected chi connectivity index (χ4v) is 3.22. The van der Waals surface area contributed by atoms with Crippen LogP contribution in [0.15, 0.2) is 21.8 Å². The Balaban J connectivity index is 2.35. The van der Waals surface area contributed by atoms with Gasteiger partial charge in [0, 0.05) is 5.75 Å². The van der Waals surface area contributed by atoms with Gasteiger partial charge in [0.25, 0.3) is 0 Å². The Bertz CT molecular complexity index is 318. The fourth-order valence-electron chi connectivity index (χ4n) is 1.47. The summed E-state index contributed by atoms with van der Waals surface area (Å²) in [5.41, 5.74) is 6.95. The van der Waals surface area contributed by atoms with Crippen molar-refractivity contribution in [1.82, 2.24) is 0 Å². The van der Waals surface area contributed by atoms with Gasteiger partial charge in [0.2, 0.25) is 0 Å². The van der Waals surface area contributed by atoms with Crippen LogP contribution in [0.2, 0.25) is 0 Å². The highest BCUT2D eigenvalue weighted by Gasteiger charge is 2.29. The Labute approximate surface area is 86.2 Å². The van der Waals surface area contributed by atoms with E-state index < -0.39 is 0 Å². The highest BCUT2D eigenvalue weighted by atomic mass is 32.2. The Kier molecular flexibility index (Phi) is 2.34. The minimum atomic E-state index is -0.0741. The number of hydrogen-bond acceptors (Lipinski definition) is 4. The van der Waals surface area contributed by atoms with E-state index in [0.29, 0.717) is 0 Å². The molecule has 0 radical (unpaired) electrons. The summed E-state index contributed by atoms with van der Waals surface area (Å²) in [6.45, 7) is 2.15. The summed E-state index contributed by atoms with van der Waals surface area (Å²) < 4.78 is 0. The lowest BCUT2D eigenvalue weighted by Gasteiger charge is -2.28. The Hall–Kier alpha value is -0.480. The Morgan fingerprint density at radius 2 is 2.46 bits per heavy atom. The van der Waals surface area contributed by atoms with Crippen molar-refractivity contribution in [2.24, 2.45) is 10.7 Å². The largest absolute Gasteiger partial charge is 0.379 e. The summed E-state index contributed by atoms with van der Waals surface area (Å²) in [7, 11) is 0. The van der Waals surface area contributed by atoms with Gasteiger partial charge in [-0.3, -0.25) is 4.99 Å². The third-order valence-corrected chi connectivity index (χ3v) is 3.82. The number of rotatable bonds is 1. The van der Waals surface area contributed by atoms with Crippen LogP contribution in [0, 0.1) is 0 Å². The van der Waals surface area contributed by atoms with Crippen LogP contribution >= 0.6 is 23.1 Å². The number of hydrogen-bond donors (Lipinski definition) is 1. The van der Waals surface area contributed by atoms with Gasteiger partial charge in [-0.2, -0.15) is 11.3 Å². The van der Waals surface area contributed by atoms with Gasteiger partial charge in [0.05, 0.1) is 5.54 Å². The molecule has 2 heterocycles. The van der Waals surface area contributed by atoms with Crippen molar-refractivity contribution in [2.75, 3.05) is 5.75 Å². The molecule has 13 heavy (non-hydrogen) atoms. The third kappa shape index (κ3) is 1.74. The van der Waals surface area contributed by atoms with Crippen molar-refractivity contribution in [2.45, 2.75) is 18.9 Å². The standard InChI is InChI=1S/C9H12N2S2/c1-9(7-2-4-12-6-7)3-5-13-8(10)11-9/h2,4,6H,3,5H2,1H3,(H2,10,11). The van der Waals surface area contributed by atoms with Crippen LogP contribution in [-0.2, 0) is 5.54 Å². The smallest absolute Gasteiger partial charge is 0.154 e. The maximum absolute atomic E-state index is 5.73. The molecule has 1 aromatic heterocycles.